The largest absolute Gasteiger partial charge is 0.417 e. The number of nitrogens with zero attached hydrogens (tertiary/aromatic N) is 1. The van der Waals surface area contributed by atoms with Crippen LogP contribution in [0.4, 0.5) is 0 Å². The van der Waals surface area contributed by atoms with Gasteiger partial charge in [0.2, 0.25) is 0 Å². The second kappa shape index (κ2) is 6.59. The van der Waals surface area contributed by atoms with Crippen LogP contribution in [-0.2, 0) is 6.54 Å². The van der Waals surface area contributed by atoms with Crippen molar-refractivity contribution in [3.63, 3.8) is 0 Å². The van der Waals surface area contributed by atoms with Gasteiger partial charge in [-0.15, -0.1) is 0 Å². The number of rotatable bonds is 6. The Kier molecular flexibility index (Phi) is 4.82. The zero-order valence-corrected chi connectivity index (χ0v) is 11.8. The maximum Gasteiger partial charge on any atom is 0.399 e. The van der Waals surface area contributed by atoms with E-state index in [0.29, 0.717) is 23.2 Å². The fourth-order valence-corrected chi connectivity index (χ4v) is 1.70. The molecule has 102 valence electrons. The van der Waals surface area contributed by atoms with Crippen LogP contribution < -0.4 is 10.1 Å². The zero-order chi connectivity index (χ0) is 13.7. The van der Waals surface area contributed by atoms with Gasteiger partial charge >= 0.3 is 6.08 Å². The lowest BCUT2D eigenvalue weighted by molar-refractivity contribution is 0.331. The molecule has 0 radical (unpaired) electrons. The number of oxazole rings is 1. The molecule has 1 heterocycles. The van der Waals surface area contributed by atoms with Crippen LogP contribution in [0.3, 0.4) is 0 Å². The Labute approximate surface area is 117 Å². The summed E-state index contributed by atoms with van der Waals surface area (Å²) >= 11 is 5.99. The minimum absolute atomic E-state index is 0.203. The lowest BCUT2D eigenvalue weighted by Gasteiger charge is -2.04. The summed E-state index contributed by atoms with van der Waals surface area (Å²) in [5.74, 6) is 1.14. The molecule has 19 heavy (non-hydrogen) atoms. The summed E-state index contributed by atoms with van der Waals surface area (Å²) in [5, 5.41) is 3.81. The number of nitrogens with one attached hydrogen (secondary N) is 1. The van der Waals surface area contributed by atoms with Crippen molar-refractivity contribution in [1.29, 1.82) is 0 Å². The highest BCUT2D eigenvalue weighted by molar-refractivity contribution is 6.32. The van der Waals surface area contributed by atoms with Gasteiger partial charge in [-0.2, -0.15) is 4.98 Å². The van der Waals surface area contributed by atoms with Gasteiger partial charge in [-0.3, -0.25) is 0 Å². The summed E-state index contributed by atoms with van der Waals surface area (Å²) < 4.78 is 10.7. The van der Waals surface area contributed by atoms with Crippen LogP contribution in [0, 0.1) is 5.92 Å². The highest BCUT2D eigenvalue weighted by Gasteiger charge is 2.08. The molecule has 0 aliphatic heterocycles. The van der Waals surface area contributed by atoms with E-state index < -0.39 is 0 Å². The molecule has 0 saturated heterocycles. The number of ether oxygens (including phenoxy) is 1. The first-order valence-corrected chi connectivity index (χ1v) is 6.60. The minimum atomic E-state index is 0.203. The Morgan fingerprint density at radius 1 is 1.37 bits per heavy atom. The third kappa shape index (κ3) is 4.26. The Bertz CT molecular complexity index is 526. The molecule has 0 amide bonds. The molecular weight excluding hydrogens is 264 g/mol. The molecule has 0 atom stereocenters. The molecule has 0 saturated carbocycles. The van der Waals surface area contributed by atoms with Crippen LogP contribution in [0.1, 0.15) is 19.5 Å². The molecule has 0 aliphatic rings. The maximum absolute atomic E-state index is 5.99. The number of para-hydroxylation sites is 1. The number of halogens is 1. The molecule has 0 aliphatic carbocycles. The van der Waals surface area contributed by atoms with Crippen LogP contribution in [0.15, 0.2) is 34.9 Å². The summed E-state index contributed by atoms with van der Waals surface area (Å²) in [6, 6.07) is 7.20. The van der Waals surface area contributed by atoms with Crippen LogP contribution >= 0.6 is 11.6 Å². The zero-order valence-electron chi connectivity index (χ0n) is 11.0. The SMILES string of the molecule is CC(C)CNCc1coc(Oc2ccccc2Cl)n1. The molecular formula is C14H17ClN2O2. The van der Waals surface area contributed by atoms with E-state index in [0.717, 1.165) is 12.2 Å². The molecule has 2 aromatic rings. The monoisotopic (exact) mass is 280 g/mol. The van der Waals surface area contributed by atoms with E-state index in [1.165, 1.54) is 0 Å². The minimum Gasteiger partial charge on any atom is -0.417 e. The first-order chi connectivity index (χ1) is 9.15. The second-order valence-corrected chi connectivity index (χ2v) is 5.07. The van der Waals surface area contributed by atoms with Gasteiger partial charge in [0.05, 0.1) is 10.7 Å². The van der Waals surface area contributed by atoms with E-state index in [-0.39, 0.29) is 6.08 Å². The summed E-state index contributed by atoms with van der Waals surface area (Å²) in [6.07, 6.45) is 1.79. The Morgan fingerprint density at radius 2 is 2.16 bits per heavy atom. The standard InChI is InChI=1S/C14H17ClN2O2/c1-10(2)7-16-8-11-9-18-14(17-11)19-13-6-4-3-5-12(13)15/h3-6,9-10,16H,7-8H2,1-2H3. The summed E-state index contributed by atoms with van der Waals surface area (Å²) in [5.41, 5.74) is 0.808. The van der Waals surface area contributed by atoms with Gasteiger partial charge in [0.15, 0.2) is 5.75 Å². The first kappa shape index (κ1) is 13.9. The van der Waals surface area contributed by atoms with Gasteiger partial charge < -0.3 is 14.5 Å². The van der Waals surface area contributed by atoms with E-state index >= 15 is 0 Å². The van der Waals surface area contributed by atoms with Crippen LogP contribution in [0.5, 0.6) is 11.8 Å². The van der Waals surface area contributed by atoms with E-state index in [4.69, 9.17) is 20.8 Å². The molecule has 1 aromatic heterocycles. The second-order valence-electron chi connectivity index (χ2n) is 4.66. The predicted molar refractivity (Wildman–Crippen MR) is 74.6 cm³/mol. The van der Waals surface area contributed by atoms with Crippen molar-refractivity contribution < 1.29 is 9.15 Å². The van der Waals surface area contributed by atoms with Gasteiger partial charge in [-0.05, 0) is 24.6 Å². The molecule has 1 aromatic carbocycles. The maximum atomic E-state index is 5.99. The Morgan fingerprint density at radius 3 is 2.89 bits per heavy atom. The van der Waals surface area contributed by atoms with Crippen LogP contribution in [-0.4, -0.2) is 11.5 Å². The average Bonchev–Trinajstić information content (AvgIpc) is 2.79. The Balaban J connectivity index is 1.92. The molecule has 0 fully saturated rings. The highest BCUT2D eigenvalue weighted by atomic mass is 35.5. The van der Waals surface area contributed by atoms with Crippen molar-refractivity contribution in [2.45, 2.75) is 20.4 Å². The predicted octanol–water partition coefficient (Wildman–Crippen LogP) is 3.87. The molecule has 2 rings (SSSR count). The third-order valence-corrected chi connectivity index (χ3v) is 2.74. The first-order valence-electron chi connectivity index (χ1n) is 6.22. The normalized spacial score (nSPS) is 10.9. The van der Waals surface area contributed by atoms with E-state index in [2.05, 4.69) is 24.1 Å². The average molecular weight is 281 g/mol. The van der Waals surface area contributed by atoms with Crippen molar-refractivity contribution in [3.8, 4) is 11.8 Å². The smallest absolute Gasteiger partial charge is 0.399 e. The van der Waals surface area contributed by atoms with Gasteiger partial charge in [0.25, 0.3) is 0 Å². The summed E-state index contributed by atoms with van der Waals surface area (Å²) in [7, 11) is 0. The molecule has 4 nitrogen and oxygen atoms in total. The fraction of sp³-hybridized carbons (Fsp3) is 0.357. The highest BCUT2D eigenvalue weighted by Crippen LogP contribution is 2.28. The lowest BCUT2D eigenvalue weighted by Crippen LogP contribution is -2.19. The van der Waals surface area contributed by atoms with Gasteiger partial charge in [0, 0.05) is 6.54 Å². The number of hydrogen-bond donors (Lipinski definition) is 1. The van der Waals surface area contributed by atoms with Crippen LogP contribution in [0.25, 0.3) is 0 Å². The van der Waals surface area contributed by atoms with E-state index in [1.807, 2.05) is 12.1 Å². The van der Waals surface area contributed by atoms with Gasteiger partial charge in [-0.25, -0.2) is 0 Å². The summed E-state index contributed by atoms with van der Waals surface area (Å²) in [6.45, 7) is 5.91. The van der Waals surface area contributed by atoms with Gasteiger partial charge in [0.1, 0.15) is 6.26 Å². The molecule has 0 unspecified atom stereocenters. The van der Waals surface area contributed by atoms with Crippen molar-refractivity contribution >= 4 is 11.6 Å². The number of benzene rings is 1. The summed E-state index contributed by atoms with van der Waals surface area (Å²) in [4.78, 5) is 4.23. The molecule has 0 spiro atoms. The quantitative estimate of drug-likeness (QED) is 0.873. The van der Waals surface area contributed by atoms with Crippen molar-refractivity contribution in [3.05, 3.63) is 41.2 Å². The van der Waals surface area contributed by atoms with Gasteiger partial charge in [-0.1, -0.05) is 37.6 Å². The Hall–Kier alpha value is -1.52. The third-order valence-electron chi connectivity index (χ3n) is 2.42. The lowest BCUT2D eigenvalue weighted by atomic mass is 10.2. The van der Waals surface area contributed by atoms with Crippen molar-refractivity contribution in [1.82, 2.24) is 10.3 Å². The van der Waals surface area contributed by atoms with Crippen LogP contribution in [0.2, 0.25) is 5.02 Å². The van der Waals surface area contributed by atoms with E-state index in [9.17, 15) is 0 Å². The fourth-order valence-electron chi connectivity index (χ4n) is 1.53. The molecule has 0 bridgehead atoms. The molecule has 1 N–H and O–H groups in total. The van der Waals surface area contributed by atoms with E-state index in [1.54, 1.807) is 18.4 Å². The number of aromatic nitrogens is 1. The molecule has 5 heteroatoms. The number of hydrogen-bond acceptors (Lipinski definition) is 4. The topological polar surface area (TPSA) is 47.3 Å². The van der Waals surface area contributed by atoms with Crippen molar-refractivity contribution in [2.75, 3.05) is 6.54 Å². The van der Waals surface area contributed by atoms with Crippen molar-refractivity contribution in [2.24, 2.45) is 5.92 Å².